The number of Topliss-reactive ketones (excluding diaryl/α,β-unsaturated/α-hetero) is 1. The third kappa shape index (κ3) is 1.74. The normalized spacial score (nSPS) is 21.9. The second-order valence-electron chi connectivity index (χ2n) is 1.72. The Morgan fingerprint density at radius 1 is 1.44 bits per heavy atom. The van der Waals surface area contributed by atoms with Crippen LogP contribution in [-0.2, 0) is 19.0 Å². The first-order valence-corrected chi connectivity index (χ1v) is 2.62. The van der Waals surface area contributed by atoms with Crippen LogP contribution in [0.4, 0.5) is 0 Å². The lowest BCUT2D eigenvalue weighted by atomic mass is 10.4. The molecule has 0 spiro atoms. The molecule has 0 N–H and O–H groups in total. The Morgan fingerprint density at radius 2 is 2.00 bits per heavy atom. The molecule has 0 bridgehead atoms. The van der Waals surface area contributed by atoms with E-state index >= 15 is 0 Å². The van der Waals surface area contributed by atoms with Crippen LogP contribution in [0.25, 0.3) is 0 Å². The maximum atomic E-state index is 10.5. The molecular formula is C5H8O4. The SMILES string of the molecule is CC(=O)C1OCOCO1. The lowest BCUT2D eigenvalue weighted by Crippen LogP contribution is -2.32. The van der Waals surface area contributed by atoms with E-state index in [1.54, 1.807) is 0 Å². The number of rotatable bonds is 1. The fourth-order valence-electron chi connectivity index (χ4n) is 0.537. The van der Waals surface area contributed by atoms with Gasteiger partial charge in [0.1, 0.15) is 0 Å². The van der Waals surface area contributed by atoms with E-state index in [0.29, 0.717) is 0 Å². The van der Waals surface area contributed by atoms with Gasteiger partial charge >= 0.3 is 0 Å². The Morgan fingerprint density at radius 3 is 2.33 bits per heavy atom. The molecule has 0 aliphatic carbocycles. The van der Waals surface area contributed by atoms with Crippen molar-refractivity contribution in [1.82, 2.24) is 0 Å². The van der Waals surface area contributed by atoms with Crippen LogP contribution in [0.2, 0.25) is 0 Å². The van der Waals surface area contributed by atoms with Gasteiger partial charge in [0.2, 0.25) is 6.29 Å². The fraction of sp³-hybridized carbons (Fsp3) is 0.800. The van der Waals surface area contributed by atoms with Crippen molar-refractivity contribution in [2.45, 2.75) is 13.2 Å². The molecule has 9 heavy (non-hydrogen) atoms. The maximum Gasteiger partial charge on any atom is 0.221 e. The summed E-state index contributed by atoms with van der Waals surface area (Å²) >= 11 is 0. The van der Waals surface area contributed by atoms with Crippen LogP contribution < -0.4 is 0 Å². The number of ether oxygens (including phenoxy) is 3. The molecule has 0 aromatic rings. The van der Waals surface area contributed by atoms with E-state index in [9.17, 15) is 4.79 Å². The summed E-state index contributed by atoms with van der Waals surface area (Å²) in [4.78, 5) is 10.5. The standard InChI is InChI=1S/C5H8O4/c1-4(6)5-8-2-7-3-9-5/h5H,2-3H2,1H3. The van der Waals surface area contributed by atoms with Gasteiger partial charge in [0.25, 0.3) is 0 Å². The molecule has 0 unspecified atom stereocenters. The van der Waals surface area contributed by atoms with Gasteiger partial charge in [-0.15, -0.1) is 0 Å². The topological polar surface area (TPSA) is 44.8 Å². The minimum absolute atomic E-state index is 0.127. The Bertz CT molecular complexity index is 106. The summed E-state index contributed by atoms with van der Waals surface area (Å²) in [6, 6.07) is 0. The van der Waals surface area contributed by atoms with Gasteiger partial charge < -0.3 is 14.2 Å². The van der Waals surface area contributed by atoms with Crippen molar-refractivity contribution in [2.24, 2.45) is 0 Å². The summed E-state index contributed by atoms with van der Waals surface area (Å²) in [6.45, 7) is 1.70. The highest BCUT2D eigenvalue weighted by Crippen LogP contribution is 2.02. The second-order valence-corrected chi connectivity index (χ2v) is 1.72. The zero-order chi connectivity index (χ0) is 6.69. The largest absolute Gasteiger partial charge is 0.329 e. The highest BCUT2D eigenvalue weighted by molar-refractivity contribution is 5.79. The van der Waals surface area contributed by atoms with Gasteiger partial charge in [-0.3, -0.25) is 4.79 Å². The van der Waals surface area contributed by atoms with Gasteiger partial charge in [-0.05, 0) is 6.92 Å². The number of carbonyl (C=O) groups excluding carboxylic acids is 1. The van der Waals surface area contributed by atoms with E-state index in [0.717, 1.165) is 0 Å². The average Bonchev–Trinajstić information content (AvgIpc) is 1.90. The van der Waals surface area contributed by atoms with Crippen molar-refractivity contribution in [3.05, 3.63) is 0 Å². The van der Waals surface area contributed by atoms with Crippen LogP contribution in [0.1, 0.15) is 6.92 Å². The monoisotopic (exact) mass is 132 g/mol. The molecule has 1 saturated heterocycles. The van der Waals surface area contributed by atoms with E-state index in [2.05, 4.69) is 4.74 Å². The molecule has 1 fully saturated rings. The van der Waals surface area contributed by atoms with Crippen molar-refractivity contribution in [3.63, 3.8) is 0 Å². The predicted octanol–water partition coefficient (Wildman–Crippen LogP) is -0.120. The predicted molar refractivity (Wildman–Crippen MR) is 27.5 cm³/mol. The fourth-order valence-corrected chi connectivity index (χ4v) is 0.537. The maximum absolute atomic E-state index is 10.5. The summed E-state index contributed by atoms with van der Waals surface area (Å²) in [5.74, 6) is -0.127. The van der Waals surface area contributed by atoms with Crippen LogP contribution in [0.3, 0.4) is 0 Å². The lowest BCUT2D eigenvalue weighted by Gasteiger charge is -2.20. The molecule has 0 aromatic carbocycles. The van der Waals surface area contributed by atoms with Crippen molar-refractivity contribution in [2.75, 3.05) is 13.6 Å². The molecule has 1 heterocycles. The quantitative estimate of drug-likeness (QED) is 0.499. The second kappa shape index (κ2) is 2.91. The molecule has 52 valence electrons. The first kappa shape index (κ1) is 6.67. The van der Waals surface area contributed by atoms with Gasteiger partial charge in [0.15, 0.2) is 19.4 Å². The number of ketones is 1. The van der Waals surface area contributed by atoms with Crippen LogP contribution in [0.5, 0.6) is 0 Å². The summed E-state index contributed by atoms with van der Waals surface area (Å²) in [5.41, 5.74) is 0. The molecule has 0 aromatic heterocycles. The Balaban J connectivity index is 2.31. The zero-order valence-electron chi connectivity index (χ0n) is 5.12. The lowest BCUT2D eigenvalue weighted by molar-refractivity contribution is -0.286. The van der Waals surface area contributed by atoms with E-state index in [-0.39, 0.29) is 19.4 Å². The minimum atomic E-state index is -0.709. The minimum Gasteiger partial charge on any atom is -0.329 e. The summed E-state index contributed by atoms with van der Waals surface area (Å²) in [7, 11) is 0. The molecule has 0 atom stereocenters. The third-order valence-electron chi connectivity index (χ3n) is 0.937. The van der Waals surface area contributed by atoms with Gasteiger partial charge in [-0.25, -0.2) is 0 Å². The zero-order valence-corrected chi connectivity index (χ0v) is 5.12. The van der Waals surface area contributed by atoms with E-state index in [1.807, 2.05) is 0 Å². The van der Waals surface area contributed by atoms with Gasteiger partial charge in [0, 0.05) is 0 Å². The first-order chi connectivity index (χ1) is 4.30. The Kier molecular flexibility index (Phi) is 2.16. The van der Waals surface area contributed by atoms with Crippen molar-refractivity contribution < 1.29 is 19.0 Å². The van der Waals surface area contributed by atoms with Crippen molar-refractivity contribution in [1.29, 1.82) is 0 Å². The van der Waals surface area contributed by atoms with Gasteiger partial charge in [-0.1, -0.05) is 0 Å². The molecule has 4 heteroatoms. The molecule has 0 saturated carbocycles. The van der Waals surface area contributed by atoms with Gasteiger partial charge in [-0.2, -0.15) is 0 Å². The van der Waals surface area contributed by atoms with Crippen LogP contribution >= 0.6 is 0 Å². The molecule has 0 radical (unpaired) electrons. The Hall–Kier alpha value is -0.450. The number of carbonyl (C=O) groups is 1. The third-order valence-corrected chi connectivity index (χ3v) is 0.937. The summed E-state index contributed by atoms with van der Waals surface area (Å²) in [5, 5.41) is 0. The van der Waals surface area contributed by atoms with Crippen LogP contribution in [0, 0.1) is 0 Å². The highest BCUT2D eigenvalue weighted by Gasteiger charge is 2.18. The Labute approximate surface area is 52.7 Å². The smallest absolute Gasteiger partial charge is 0.221 e. The van der Waals surface area contributed by atoms with E-state index in [4.69, 9.17) is 9.47 Å². The van der Waals surface area contributed by atoms with Gasteiger partial charge in [0.05, 0.1) is 0 Å². The first-order valence-electron chi connectivity index (χ1n) is 2.62. The molecule has 0 amide bonds. The van der Waals surface area contributed by atoms with Crippen LogP contribution in [0.15, 0.2) is 0 Å². The molecule has 1 aliphatic rings. The summed E-state index contributed by atoms with van der Waals surface area (Å²) < 4.78 is 14.1. The highest BCUT2D eigenvalue weighted by atomic mass is 16.8. The number of hydrogen-bond acceptors (Lipinski definition) is 4. The molecule has 4 nitrogen and oxygen atoms in total. The van der Waals surface area contributed by atoms with E-state index < -0.39 is 6.29 Å². The summed E-state index contributed by atoms with van der Waals surface area (Å²) in [6.07, 6.45) is -0.709. The molecular weight excluding hydrogens is 124 g/mol. The van der Waals surface area contributed by atoms with E-state index in [1.165, 1.54) is 6.92 Å². The van der Waals surface area contributed by atoms with Crippen molar-refractivity contribution in [3.8, 4) is 0 Å². The molecule has 1 rings (SSSR count). The molecule has 1 aliphatic heterocycles. The average molecular weight is 132 g/mol. The van der Waals surface area contributed by atoms with Crippen molar-refractivity contribution >= 4 is 5.78 Å². The van der Waals surface area contributed by atoms with Crippen LogP contribution in [-0.4, -0.2) is 25.7 Å². The number of hydrogen-bond donors (Lipinski definition) is 0.